The molecule has 4 aliphatic carbocycles. The molecule has 0 saturated heterocycles. The van der Waals surface area contributed by atoms with Crippen LogP contribution in [0.2, 0.25) is 0 Å². The number of nitrogens with one attached hydrogen (secondary N) is 1. The van der Waals surface area contributed by atoms with Crippen molar-refractivity contribution in [2.45, 2.75) is 44.1 Å². The quantitative estimate of drug-likeness (QED) is 0.864. The highest BCUT2D eigenvalue weighted by atomic mass is 79.9. The molecule has 4 fully saturated rings. The third-order valence-corrected chi connectivity index (χ3v) is 6.86. The fraction of sp³-hybridized carbons (Fsp3) is 0.667. The van der Waals surface area contributed by atoms with Gasteiger partial charge in [-0.2, -0.15) is 0 Å². The Morgan fingerprint density at radius 3 is 2.60 bits per heavy atom. The van der Waals surface area contributed by atoms with E-state index < -0.39 is 0 Å². The van der Waals surface area contributed by atoms with E-state index in [2.05, 4.69) is 52.6 Å². The normalized spacial score (nSPS) is 42.1. The third-order valence-electron chi connectivity index (χ3n) is 6.37. The Hall–Kier alpha value is -0.340. The first kappa shape index (κ1) is 13.3. The Morgan fingerprint density at radius 1 is 1.20 bits per heavy atom. The lowest BCUT2D eigenvalue weighted by Crippen LogP contribution is -2.63. The van der Waals surface area contributed by atoms with Crippen molar-refractivity contribution in [1.29, 1.82) is 0 Å². The van der Waals surface area contributed by atoms with E-state index in [0.29, 0.717) is 5.54 Å². The van der Waals surface area contributed by atoms with Gasteiger partial charge in [-0.05, 0) is 86.9 Å². The SMILES string of the molecule is CNC12CC3CC(CC(C3)C1Cc1cccc(Br)c1)C2. The predicted molar refractivity (Wildman–Crippen MR) is 86.7 cm³/mol. The summed E-state index contributed by atoms with van der Waals surface area (Å²) in [5, 5.41) is 3.78. The van der Waals surface area contributed by atoms with Gasteiger partial charge in [0.2, 0.25) is 0 Å². The van der Waals surface area contributed by atoms with E-state index in [-0.39, 0.29) is 0 Å². The fourth-order valence-corrected chi connectivity index (χ4v) is 6.26. The van der Waals surface area contributed by atoms with E-state index in [1.54, 1.807) is 0 Å². The van der Waals surface area contributed by atoms with Crippen LogP contribution in [0.1, 0.15) is 37.7 Å². The summed E-state index contributed by atoms with van der Waals surface area (Å²) in [4.78, 5) is 0. The van der Waals surface area contributed by atoms with E-state index in [1.165, 1.54) is 48.6 Å². The standard InChI is InChI=1S/C18H24BrN/c1-20-18-10-13-5-14(11-18)7-15(6-13)17(18)9-12-3-2-4-16(19)8-12/h2-4,8,13-15,17,20H,5-7,9-11H2,1H3. The van der Waals surface area contributed by atoms with Gasteiger partial charge in [-0.1, -0.05) is 28.1 Å². The van der Waals surface area contributed by atoms with Crippen LogP contribution in [0.15, 0.2) is 28.7 Å². The van der Waals surface area contributed by atoms with Crippen molar-refractivity contribution in [3.63, 3.8) is 0 Å². The van der Waals surface area contributed by atoms with Crippen LogP contribution >= 0.6 is 15.9 Å². The number of benzene rings is 1. The van der Waals surface area contributed by atoms with E-state index in [1.807, 2.05) is 0 Å². The molecule has 1 aromatic rings. The van der Waals surface area contributed by atoms with Crippen LogP contribution in [0.3, 0.4) is 0 Å². The Bertz CT molecular complexity index is 498. The molecule has 108 valence electrons. The number of rotatable bonds is 3. The second kappa shape index (κ2) is 4.84. The Labute approximate surface area is 130 Å². The van der Waals surface area contributed by atoms with Crippen LogP contribution < -0.4 is 5.32 Å². The third kappa shape index (κ3) is 2.07. The summed E-state index contributed by atoms with van der Waals surface area (Å²) >= 11 is 3.62. The summed E-state index contributed by atoms with van der Waals surface area (Å²) in [6.45, 7) is 0. The van der Waals surface area contributed by atoms with Crippen LogP contribution in [0.4, 0.5) is 0 Å². The molecule has 0 amide bonds. The van der Waals surface area contributed by atoms with Crippen molar-refractivity contribution < 1.29 is 0 Å². The summed E-state index contributed by atoms with van der Waals surface area (Å²) < 4.78 is 1.22. The second-order valence-corrected chi connectivity index (χ2v) is 8.37. The Morgan fingerprint density at radius 2 is 1.95 bits per heavy atom. The lowest BCUT2D eigenvalue weighted by atomic mass is 9.47. The van der Waals surface area contributed by atoms with Gasteiger partial charge in [0.25, 0.3) is 0 Å². The van der Waals surface area contributed by atoms with Gasteiger partial charge in [-0.3, -0.25) is 0 Å². The predicted octanol–water partition coefficient (Wildman–Crippen LogP) is 4.41. The van der Waals surface area contributed by atoms with Gasteiger partial charge in [-0.25, -0.2) is 0 Å². The minimum atomic E-state index is 0.442. The summed E-state index contributed by atoms with van der Waals surface area (Å²) in [5.41, 5.74) is 1.95. The molecule has 0 aliphatic heterocycles. The molecule has 3 unspecified atom stereocenters. The van der Waals surface area contributed by atoms with Gasteiger partial charge >= 0.3 is 0 Å². The van der Waals surface area contributed by atoms with Crippen LogP contribution in [0.5, 0.6) is 0 Å². The molecule has 0 heterocycles. The molecule has 4 aliphatic rings. The molecule has 2 heteroatoms. The molecular formula is C18H24BrN. The molecule has 1 nitrogen and oxygen atoms in total. The molecule has 4 bridgehead atoms. The summed E-state index contributed by atoms with van der Waals surface area (Å²) in [7, 11) is 2.21. The molecule has 0 radical (unpaired) electrons. The van der Waals surface area contributed by atoms with Crippen molar-refractivity contribution >= 4 is 15.9 Å². The molecule has 1 aromatic carbocycles. The summed E-state index contributed by atoms with van der Waals surface area (Å²) in [6.07, 6.45) is 8.62. The van der Waals surface area contributed by atoms with Crippen molar-refractivity contribution in [3.05, 3.63) is 34.3 Å². The van der Waals surface area contributed by atoms with Crippen molar-refractivity contribution in [3.8, 4) is 0 Å². The van der Waals surface area contributed by atoms with Gasteiger partial charge in [0, 0.05) is 10.0 Å². The van der Waals surface area contributed by atoms with Crippen LogP contribution in [0, 0.1) is 23.7 Å². The molecule has 0 spiro atoms. The van der Waals surface area contributed by atoms with Gasteiger partial charge in [0.15, 0.2) is 0 Å². The zero-order chi connectivity index (χ0) is 13.7. The lowest BCUT2D eigenvalue weighted by Gasteiger charge is -2.61. The van der Waals surface area contributed by atoms with Crippen molar-refractivity contribution in [2.75, 3.05) is 7.05 Å². The number of halogens is 1. The number of hydrogen-bond acceptors (Lipinski definition) is 1. The molecule has 20 heavy (non-hydrogen) atoms. The molecule has 5 rings (SSSR count). The van der Waals surface area contributed by atoms with E-state index in [9.17, 15) is 0 Å². The first-order valence-electron chi connectivity index (χ1n) is 8.12. The molecule has 0 aromatic heterocycles. The first-order valence-corrected chi connectivity index (χ1v) is 8.91. The van der Waals surface area contributed by atoms with E-state index in [0.717, 1.165) is 23.7 Å². The molecule has 3 atom stereocenters. The Balaban J connectivity index is 1.63. The highest BCUT2D eigenvalue weighted by Gasteiger charge is 2.55. The smallest absolute Gasteiger partial charge is 0.0217 e. The molecule has 1 N–H and O–H groups in total. The van der Waals surface area contributed by atoms with Crippen molar-refractivity contribution in [1.82, 2.24) is 5.32 Å². The average Bonchev–Trinajstić information content (AvgIpc) is 2.42. The Kier molecular flexibility index (Phi) is 3.23. The molecular weight excluding hydrogens is 310 g/mol. The minimum Gasteiger partial charge on any atom is -0.314 e. The highest BCUT2D eigenvalue weighted by Crippen LogP contribution is 2.59. The van der Waals surface area contributed by atoms with Crippen LogP contribution in [-0.2, 0) is 6.42 Å². The minimum absolute atomic E-state index is 0.442. The average molecular weight is 334 g/mol. The van der Waals surface area contributed by atoms with Gasteiger partial charge in [0.05, 0.1) is 0 Å². The van der Waals surface area contributed by atoms with Gasteiger partial charge in [-0.15, -0.1) is 0 Å². The fourth-order valence-electron chi connectivity index (χ4n) is 5.82. The van der Waals surface area contributed by atoms with Crippen LogP contribution in [0.25, 0.3) is 0 Å². The summed E-state index contributed by atoms with van der Waals surface area (Å²) in [5.74, 6) is 3.83. The first-order chi connectivity index (χ1) is 9.68. The van der Waals surface area contributed by atoms with Crippen LogP contribution in [-0.4, -0.2) is 12.6 Å². The van der Waals surface area contributed by atoms with Gasteiger partial charge < -0.3 is 5.32 Å². The lowest BCUT2D eigenvalue weighted by molar-refractivity contribution is -0.0705. The summed E-state index contributed by atoms with van der Waals surface area (Å²) in [6, 6.07) is 8.93. The topological polar surface area (TPSA) is 12.0 Å². The highest BCUT2D eigenvalue weighted by molar-refractivity contribution is 9.10. The zero-order valence-electron chi connectivity index (χ0n) is 12.2. The molecule has 4 saturated carbocycles. The largest absolute Gasteiger partial charge is 0.314 e. The van der Waals surface area contributed by atoms with E-state index in [4.69, 9.17) is 0 Å². The van der Waals surface area contributed by atoms with Gasteiger partial charge in [0.1, 0.15) is 0 Å². The monoisotopic (exact) mass is 333 g/mol. The van der Waals surface area contributed by atoms with E-state index >= 15 is 0 Å². The second-order valence-electron chi connectivity index (χ2n) is 7.45. The maximum Gasteiger partial charge on any atom is 0.0217 e. The number of hydrogen-bond donors (Lipinski definition) is 1. The zero-order valence-corrected chi connectivity index (χ0v) is 13.8. The van der Waals surface area contributed by atoms with Crippen molar-refractivity contribution in [2.24, 2.45) is 23.7 Å². The maximum absolute atomic E-state index is 3.78. The maximum atomic E-state index is 3.78.